The summed E-state index contributed by atoms with van der Waals surface area (Å²) in [5.74, 6) is -0.300. The number of carbonyl (C=O) groups is 1. The third-order valence-electron chi connectivity index (χ3n) is 6.12. The Bertz CT molecular complexity index is 1150. The minimum Gasteiger partial charge on any atom is -0.343 e. The second-order valence-corrected chi connectivity index (χ2v) is 8.04. The van der Waals surface area contributed by atoms with Gasteiger partial charge in [-0.3, -0.25) is 19.1 Å². The summed E-state index contributed by atoms with van der Waals surface area (Å²) in [5, 5.41) is 0.795. The number of para-hydroxylation sites is 1. The van der Waals surface area contributed by atoms with Gasteiger partial charge in [-0.1, -0.05) is 19.1 Å². The van der Waals surface area contributed by atoms with E-state index < -0.39 is 5.82 Å². The molecule has 0 N–H and O–H groups in total. The van der Waals surface area contributed by atoms with E-state index in [1.165, 1.54) is 10.6 Å². The smallest absolute Gasteiger partial charge is 0.261 e. The van der Waals surface area contributed by atoms with Crippen LogP contribution in [-0.4, -0.2) is 51.4 Å². The fraction of sp³-hybridized carbons (Fsp3) is 0.375. The lowest BCUT2D eigenvalue weighted by atomic mass is 10.0. The molecule has 1 aliphatic rings. The van der Waals surface area contributed by atoms with Gasteiger partial charge in [0.05, 0.1) is 5.69 Å². The zero-order valence-corrected chi connectivity index (χ0v) is 17.9. The molecule has 0 radical (unpaired) electrons. The molecule has 0 saturated carbocycles. The first-order chi connectivity index (χ1) is 15.0. The number of rotatable bonds is 5. The van der Waals surface area contributed by atoms with Crippen molar-refractivity contribution < 1.29 is 9.18 Å². The first-order valence-corrected chi connectivity index (χ1v) is 10.7. The van der Waals surface area contributed by atoms with Crippen molar-refractivity contribution in [3.05, 3.63) is 70.4 Å². The molecule has 0 unspecified atom stereocenters. The van der Waals surface area contributed by atoms with Gasteiger partial charge in [0.2, 0.25) is 5.91 Å². The highest BCUT2D eigenvalue weighted by Gasteiger charge is 2.25. The molecule has 0 atom stereocenters. The minimum absolute atomic E-state index is 0.160. The summed E-state index contributed by atoms with van der Waals surface area (Å²) in [6.45, 7) is 3.96. The summed E-state index contributed by atoms with van der Waals surface area (Å²) in [6, 6.07) is 12.1. The number of fused-ring (bicyclic) bond motifs is 1. The molecule has 3 heterocycles. The molecule has 1 amide bonds. The van der Waals surface area contributed by atoms with Crippen molar-refractivity contribution in [2.24, 2.45) is 0 Å². The van der Waals surface area contributed by atoms with Crippen molar-refractivity contribution in [2.45, 2.75) is 38.8 Å². The molecular weight excluding hydrogens is 395 g/mol. The Balaban J connectivity index is 1.63. The maximum atomic E-state index is 14.6. The molecular formula is C24H27FN4O2. The van der Waals surface area contributed by atoms with Gasteiger partial charge in [0.1, 0.15) is 11.5 Å². The zero-order chi connectivity index (χ0) is 22.0. The molecule has 0 spiro atoms. The average molecular weight is 423 g/mol. The van der Waals surface area contributed by atoms with Crippen LogP contribution in [0.4, 0.5) is 4.39 Å². The van der Waals surface area contributed by atoms with Crippen LogP contribution in [0.25, 0.3) is 16.7 Å². The van der Waals surface area contributed by atoms with Crippen LogP contribution in [0.5, 0.6) is 0 Å². The maximum Gasteiger partial charge on any atom is 0.261 e. The number of likely N-dealkylation sites (tertiary alicyclic amines) is 1. The highest BCUT2D eigenvalue weighted by Crippen LogP contribution is 2.21. The summed E-state index contributed by atoms with van der Waals surface area (Å²) >= 11 is 0. The topological polar surface area (TPSA) is 58.4 Å². The van der Waals surface area contributed by atoms with E-state index in [1.807, 2.05) is 37.1 Å². The Hall–Kier alpha value is -3.06. The first kappa shape index (κ1) is 21.2. The van der Waals surface area contributed by atoms with E-state index in [-0.39, 0.29) is 23.2 Å². The Morgan fingerprint density at radius 1 is 1.19 bits per heavy atom. The van der Waals surface area contributed by atoms with Gasteiger partial charge in [0, 0.05) is 56.3 Å². The van der Waals surface area contributed by atoms with Crippen LogP contribution >= 0.6 is 0 Å². The van der Waals surface area contributed by atoms with Gasteiger partial charge >= 0.3 is 0 Å². The van der Waals surface area contributed by atoms with E-state index >= 15 is 0 Å². The molecule has 31 heavy (non-hydrogen) atoms. The molecule has 0 bridgehead atoms. The Kier molecular flexibility index (Phi) is 6.13. The van der Waals surface area contributed by atoms with Gasteiger partial charge in [0.25, 0.3) is 5.56 Å². The molecule has 1 aromatic carbocycles. The van der Waals surface area contributed by atoms with Crippen LogP contribution in [0, 0.1) is 5.82 Å². The summed E-state index contributed by atoms with van der Waals surface area (Å²) in [7, 11) is 1.87. The molecule has 1 aliphatic heterocycles. The third-order valence-corrected chi connectivity index (χ3v) is 6.12. The van der Waals surface area contributed by atoms with Gasteiger partial charge in [-0.15, -0.1) is 0 Å². The number of aromatic nitrogens is 2. The van der Waals surface area contributed by atoms with Gasteiger partial charge < -0.3 is 4.90 Å². The predicted molar refractivity (Wildman–Crippen MR) is 119 cm³/mol. The summed E-state index contributed by atoms with van der Waals surface area (Å²) < 4.78 is 15.9. The lowest BCUT2D eigenvalue weighted by Gasteiger charge is -2.36. The molecule has 1 fully saturated rings. The monoisotopic (exact) mass is 422 g/mol. The fourth-order valence-electron chi connectivity index (χ4n) is 4.33. The summed E-state index contributed by atoms with van der Waals surface area (Å²) in [6.07, 6.45) is 3.87. The van der Waals surface area contributed by atoms with E-state index in [0.29, 0.717) is 24.2 Å². The predicted octanol–water partition coefficient (Wildman–Crippen LogP) is 3.36. The van der Waals surface area contributed by atoms with E-state index in [9.17, 15) is 14.0 Å². The van der Waals surface area contributed by atoms with Crippen molar-refractivity contribution in [1.82, 2.24) is 19.4 Å². The highest BCUT2D eigenvalue weighted by molar-refractivity contribution is 5.77. The SMILES string of the molecule is CCC(=O)N(C)C1CCN(Cc2cc3cccnc3n(-c3ccccc3F)c2=O)CC1. The molecule has 7 heteroatoms. The van der Waals surface area contributed by atoms with Crippen LogP contribution in [-0.2, 0) is 11.3 Å². The maximum absolute atomic E-state index is 14.6. The summed E-state index contributed by atoms with van der Waals surface area (Å²) in [5.41, 5.74) is 1.01. The Morgan fingerprint density at radius 2 is 1.94 bits per heavy atom. The molecule has 6 nitrogen and oxygen atoms in total. The fourth-order valence-corrected chi connectivity index (χ4v) is 4.33. The minimum atomic E-state index is -0.460. The number of pyridine rings is 2. The number of amides is 1. The van der Waals surface area contributed by atoms with Gasteiger partial charge in [-0.25, -0.2) is 9.37 Å². The average Bonchev–Trinajstić information content (AvgIpc) is 2.80. The molecule has 4 rings (SSSR count). The Labute approximate surface area is 180 Å². The van der Waals surface area contributed by atoms with Crippen LogP contribution in [0.15, 0.2) is 53.5 Å². The lowest BCUT2D eigenvalue weighted by molar-refractivity contribution is -0.132. The van der Waals surface area contributed by atoms with Gasteiger partial charge in [0.15, 0.2) is 0 Å². The number of nitrogens with zero attached hydrogens (tertiary/aromatic N) is 4. The van der Waals surface area contributed by atoms with Crippen molar-refractivity contribution in [1.29, 1.82) is 0 Å². The second-order valence-electron chi connectivity index (χ2n) is 8.04. The van der Waals surface area contributed by atoms with Crippen LogP contribution in [0.2, 0.25) is 0 Å². The number of hydrogen-bond donors (Lipinski definition) is 0. The van der Waals surface area contributed by atoms with E-state index in [2.05, 4.69) is 9.88 Å². The van der Waals surface area contributed by atoms with Crippen molar-refractivity contribution in [2.75, 3.05) is 20.1 Å². The molecule has 1 saturated heterocycles. The lowest BCUT2D eigenvalue weighted by Crippen LogP contribution is -2.45. The van der Waals surface area contributed by atoms with Crippen molar-refractivity contribution >= 4 is 16.9 Å². The zero-order valence-electron chi connectivity index (χ0n) is 17.9. The quantitative estimate of drug-likeness (QED) is 0.633. The van der Waals surface area contributed by atoms with Crippen molar-refractivity contribution in [3.63, 3.8) is 0 Å². The molecule has 3 aromatic rings. The number of halogens is 1. The normalized spacial score (nSPS) is 15.3. The van der Waals surface area contributed by atoms with Gasteiger partial charge in [-0.2, -0.15) is 0 Å². The highest BCUT2D eigenvalue weighted by atomic mass is 19.1. The third kappa shape index (κ3) is 4.23. The largest absolute Gasteiger partial charge is 0.343 e. The van der Waals surface area contributed by atoms with Gasteiger partial charge in [-0.05, 0) is 43.2 Å². The van der Waals surface area contributed by atoms with E-state index in [0.717, 1.165) is 31.3 Å². The van der Waals surface area contributed by atoms with Crippen molar-refractivity contribution in [3.8, 4) is 5.69 Å². The van der Waals surface area contributed by atoms with E-state index in [4.69, 9.17) is 0 Å². The number of piperidine rings is 1. The standard InChI is InChI=1S/C24H27FN4O2/c1-3-22(30)27(2)19-10-13-28(14-11-19)16-18-15-17-7-6-12-26-23(17)29(24(18)31)21-9-5-4-8-20(21)25/h4-9,12,15,19H,3,10-11,13-14,16H2,1-2H3. The molecule has 2 aromatic heterocycles. The number of hydrogen-bond acceptors (Lipinski definition) is 4. The first-order valence-electron chi connectivity index (χ1n) is 10.7. The van der Waals surface area contributed by atoms with Crippen LogP contribution in [0.3, 0.4) is 0 Å². The molecule has 162 valence electrons. The Morgan fingerprint density at radius 3 is 2.65 bits per heavy atom. The summed E-state index contributed by atoms with van der Waals surface area (Å²) in [4.78, 5) is 33.8. The molecule has 0 aliphatic carbocycles. The van der Waals surface area contributed by atoms with Crippen LogP contribution < -0.4 is 5.56 Å². The van der Waals surface area contributed by atoms with Crippen LogP contribution in [0.1, 0.15) is 31.7 Å². The second kappa shape index (κ2) is 8.98. The number of carbonyl (C=O) groups excluding carboxylic acids is 1. The number of benzene rings is 1. The van der Waals surface area contributed by atoms with E-state index in [1.54, 1.807) is 24.4 Å².